The molecule has 0 fully saturated rings. The molecule has 0 amide bonds. The standard InChI is InChI=1S/C12H13ClN2O3S/c1-12(2,7-14)15-19(16,17)10-6-9(13)5-8-3-4-18-11(8)10/h5-6,15H,3-4H2,1-2H3. The minimum absolute atomic E-state index is 0.0178. The van der Waals surface area contributed by atoms with E-state index >= 15 is 0 Å². The van der Waals surface area contributed by atoms with Crippen LogP contribution < -0.4 is 9.46 Å². The Morgan fingerprint density at radius 2 is 2.16 bits per heavy atom. The summed E-state index contributed by atoms with van der Waals surface area (Å²) < 4.78 is 32.3. The van der Waals surface area contributed by atoms with E-state index in [0.29, 0.717) is 23.8 Å². The lowest BCUT2D eigenvalue weighted by molar-refractivity contribution is 0.348. The number of nitriles is 1. The maximum atomic E-state index is 12.3. The van der Waals surface area contributed by atoms with Crippen LogP contribution in [0.4, 0.5) is 0 Å². The fourth-order valence-electron chi connectivity index (χ4n) is 1.85. The highest BCUT2D eigenvalue weighted by atomic mass is 35.5. The third kappa shape index (κ3) is 2.84. The van der Waals surface area contributed by atoms with E-state index in [-0.39, 0.29) is 4.90 Å². The monoisotopic (exact) mass is 300 g/mol. The molecule has 19 heavy (non-hydrogen) atoms. The van der Waals surface area contributed by atoms with Gasteiger partial charge in [-0.2, -0.15) is 9.98 Å². The second-order valence-corrected chi connectivity index (χ2v) is 6.92. The van der Waals surface area contributed by atoms with Crippen LogP contribution in [0.2, 0.25) is 5.02 Å². The van der Waals surface area contributed by atoms with Crippen molar-refractivity contribution in [2.24, 2.45) is 0 Å². The van der Waals surface area contributed by atoms with Gasteiger partial charge in [0.1, 0.15) is 16.2 Å². The van der Waals surface area contributed by atoms with Crippen molar-refractivity contribution in [1.82, 2.24) is 4.72 Å². The summed E-state index contributed by atoms with van der Waals surface area (Å²) in [7, 11) is -3.86. The van der Waals surface area contributed by atoms with Crippen LogP contribution in [0.25, 0.3) is 0 Å². The van der Waals surface area contributed by atoms with E-state index in [1.54, 1.807) is 6.07 Å². The Kier molecular flexibility index (Phi) is 3.47. The Morgan fingerprint density at radius 1 is 1.47 bits per heavy atom. The Labute approximate surface area is 117 Å². The topological polar surface area (TPSA) is 79.2 Å². The first-order chi connectivity index (χ1) is 8.75. The second kappa shape index (κ2) is 4.67. The highest BCUT2D eigenvalue weighted by Gasteiger charge is 2.31. The van der Waals surface area contributed by atoms with E-state index in [4.69, 9.17) is 21.6 Å². The molecule has 1 heterocycles. The number of fused-ring (bicyclic) bond motifs is 1. The quantitative estimate of drug-likeness (QED) is 0.924. The fraction of sp³-hybridized carbons (Fsp3) is 0.417. The molecule has 0 atom stereocenters. The largest absolute Gasteiger partial charge is 0.492 e. The van der Waals surface area contributed by atoms with Crippen molar-refractivity contribution >= 4 is 21.6 Å². The van der Waals surface area contributed by atoms with E-state index in [2.05, 4.69) is 4.72 Å². The lowest BCUT2D eigenvalue weighted by Crippen LogP contribution is -2.42. The highest BCUT2D eigenvalue weighted by Crippen LogP contribution is 2.35. The zero-order chi connectivity index (χ0) is 14.3. The van der Waals surface area contributed by atoms with E-state index in [9.17, 15) is 8.42 Å². The molecular weight excluding hydrogens is 288 g/mol. The summed E-state index contributed by atoms with van der Waals surface area (Å²) in [6, 6.07) is 4.91. The number of sulfonamides is 1. The molecule has 1 N–H and O–H groups in total. The zero-order valence-electron chi connectivity index (χ0n) is 10.5. The van der Waals surface area contributed by atoms with E-state index in [1.807, 2.05) is 6.07 Å². The normalized spacial score (nSPS) is 14.6. The summed E-state index contributed by atoms with van der Waals surface area (Å²) in [5.74, 6) is 0.325. The van der Waals surface area contributed by atoms with Crippen LogP contribution in [0.3, 0.4) is 0 Å². The summed E-state index contributed by atoms with van der Waals surface area (Å²) >= 11 is 5.93. The van der Waals surface area contributed by atoms with Gasteiger partial charge in [-0.05, 0) is 26.0 Å². The van der Waals surface area contributed by atoms with Gasteiger partial charge in [-0.25, -0.2) is 8.42 Å². The van der Waals surface area contributed by atoms with Crippen LogP contribution in [0.15, 0.2) is 17.0 Å². The Hall–Kier alpha value is -1.29. The van der Waals surface area contributed by atoms with Gasteiger partial charge in [0, 0.05) is 17.0 Å². The van der Waals surface area contributed by atoms with Crippen LogP contribution in [-0.4, -0.2) is 20.6 Å². The van der Waals surface area contributed by atoms with Crippen molar-refractivity contribution in [3.8, 4) is 11.8 Å². The zero-order valence-corrected chi connectivity index (χ0v) is 12.1. The van der Waals surface area contributed by atoms with Crippen molar-refractivity contribution < 1.29 is 13.2 Å². The SMILES string of the molecule is CC(C)(C#N)NS(=O)(=O)c1cc(Cl)cc2c1OCC2. The summed E-state index contributed by atoms with van der Waals surface area (Å²) in [5, 5.41) is 9.25. The third-order valence-electron chi connectivity index (χ3n) is 2.67. The molecule has 1 aromatic rings. The molecule has 0 aliphatic carbocycles. The van der Waals surface area contributed by atoms with Crippen LogP contribution in [0.5, 0.6) is 5.75 Å². The van der Waals surface area contributed by atoms with Gasteiger partial charge in [0.15, 0.2) is 0 Å². The van der Waals surface area contributed by atoms with Gasteiger partial charge in [-0.1, -0.05) is 11.6 Å². The first-order valence-electron chi connectivity index (χ1n) is 5.66. The van der Waals surface area contributed by atoms with E-state index in [1.165, 1.54) is 19.9 Å². The van der Waals surface area contributed by atoms with Gasteiger partial charge < -0.3 is 4.74 Å². The first kappa shape index (κ1) is 14.1. The molecule has 0 aromatic heterocycles. The predicted molar refractivity (Wildman–Crippen MR) is 70.7 cm³/mol. The molecule has 5 nitrogen and oxygen atoms in total. The minimum Gasteiger partial charge on any atom is -0.492 e. The van der Waals surface area contributed by atoms with Crippen LogP contribution in [-0.2, 0) is 16.4 Å². The Morgan fingerprint density at radius 3 is 2.79 bits per heavy atom. The van der Waals surface area contributed by atoms with Gasteiger partial charge in [-0.15, -0.1) is 0 Å². The highest BCUT2D eigenvalue weighted by molar-refractivity contribution is 7.89. The van der Waals surface area contributed by atoms with Crippen molar-refractivity contribution in [3.05, 3.63) is 22.7 Å². The third-order valence-corrected chi connectivity index (χ3v) is 4.55. The summed E-state index contributed by atoms with van der Waals surface area (Å²) in [6.45, 7) is 3.40. The van der Waals surface area contributed by atoms with Gasteiger partial charge in [0.05, 0.1) is 12.7 Å². The number of hydrogen-bond donors (Lipinski definition) is 1. The number of rotatable bonds is 3. The average Bonchev–Trinajstić information content (AvgIpc) is 2.74. The molecule has 0 saturated carbocycles. The average molecular weight is 301 g/mol. The molecule has 0 bridgehead atoms. The molecule has 0 saturated heterocycles. The lowest BCUT2D eigenvalue weighted by atomic mass is 10.1. The van der Waals surface area contributed by atoms with Gasteiger partial charge in [0.2, 0.25) is 10.0 Å². The van der Waals surface area contributed by atoms with Crippen LogP contribution in [0.1, 0.15) is 19.4 Å². The number of ether oxygens (including phenoxy) is 1. The fourth-order valence-corrected chi connectivity index (χ4v) is 3.70. The van der Waals surface area contributed by atoms with Gasteiger partial charge >= 0.3 is 0 Å². The molecule has 2 rings (SSSR count). The van der Waals surface area contributed by atoms with Crippen LogP contribution >= 0.6 is 11.6 Å². The van der Waals surface area contributed by atoms with E-state index < -0.39 is 15.6 Å². The molecular formula is C12H13ClN2O3S. The maximum Gasteiger partial charge on any atom is 0.245 e. The Bertz CT molecular complexity index is 662. The maximum absolute atomic E-state index is 12.3. The number of benzene rings is 1. The molecule has 102 valence electrons. The summed E-state index contributed by atoms with van der Waals surface area (Å²) in [5.41, 5.74) is -0.435. The lowest BCUT2D eigenvalue weighted by Gasteiger charge is -2.18. The smallest absolute Gasteiger partial charge is 0.245 e. The molecule has 0 radical (unpaired) electrons. The molecule has 1 aromatic carbocycles. The molecule has 7 heteroatoms. The van der Waals surface area contributed by atoms with Gasteiger partial charge in [0.25, 0.3) is 0 Å². The predicted octanol–water partition coefficient (Wildman–Crippen LogP) is 1.86. The van der Waals surface area contributed by atoms with Gasteiger partial charge in [-0.3, -0.25) is 0 Å². The van der Waals surface area contributed by atoms with Crippen LogP contribution in [0, 0.1) is 11.3 Å². The minimum atomic E-state index is -3.86. The summed E-state index contributed by atoms with van der Waals surface area (Å²) in [4.78, 5) is -0.0178. The molecule has 1 aliphatic rings. The molecule has 1 aliphatic heterocycles. The van der Waals surface area contributed by atoms with Crippen molar-refractivity contribution in [3.63, 3.8) is 0 Å². The van der Waals surface area contributed by atoms with E-state index in [0.717, 1.165) is 5.56 Å². The van der Waals surface area contributed by atoms with Crippen molar-refractivity contribution in [2.45, 2.75) is 30.7 Å². The Balaban J connectivity index is 2.51. The number of nitrogens with zero attached hydrogens (tertiary/aromatic N) is 1. The second-order valence-electron chi connectivity index (χ2n) is 4.83. The van der Waals surface area contributed by atoms with Crippen molar-refractivity contribution in [2.75, 3.05) is 6.61 Å². The number of halogens is 1. The first-order valence-corrected chi connectivity index (χ1v) is 7.52. The number of nitrogens with one attached hydrogen (secondary N) is 1. The van der Waals surface area contributed by atoms with Crippen molar-refractivity contribution in [1.29, 1.82) is 5.26 Å². The summed E-state index contributed by atoms with van der Waals surface area (Å²) in [6.07, 6.45) is 0.625. The molecule has 0 unspecified atom stereocenters. The number of hydrogen-bond acceptors (Lipinski definition) is 4. The molecule has 0 spiro atoms.